The number of hydrogen-bond acceptors (Lipinski definition) is 3. The molecule has 1 aromatic rings. The van der Waals surface area contributed by atoms with Crippen molar-refractivity contribution in [2.75, 3.05) is 6.54 Å². The number of rotatable bonds is 7. The van der Waals surface area contributed by atoms with Crippen LogP contribution < -0.4 is 15.8 Å². The van der Waals surface area contributed by atoms with Crippen LogP contribution in [0.3, 0.4) is 0 Å². The molecule has 23 heavy (non-hydrogen) atoms. The zero-order valence-corrected chi connectivity index (χ0v) is 13.8. The monoisotopic (exact) mass is 354 g/mol. The van der Waals surface area contributed by atoms with Gasteiger partial charge in [-0.25, -0.2) is 0 Å². The summed E-state index contributed by atoms with van der Waals surface area (Å²) in [7, 11) is 0. The second kappa shape index (κ2) is 9.62. The average molecular weight is 355 g/mol. The minimum Gasteiger partial charge on any atom is -0.406 e. The number of ether oxygens (including phenoxy) is 1. The fourth-order valence-corrected chi connectivity index (χ4v) is 2.06. The van der Waals surface area contributed by atoms with Gasteiger partial charge in [-0.15, -0.1) is 25.6 Å². The van der Waals surface area contributed by atoms with Crippen LogP contribution >= 0.6 is 12.4 Å². The minimum atomic E-state index is -4.72. The second-order valence-corrected chi connectivity index (χ2v) is 5.50. The van der Waals surface area contributed by atoms with Crippen LogP contribution in [0.15, 0.2) is 24.3 Å². The maximum Gasteiger partial charge on any atom is 0.573 e. The highest BCUT2D eigenvalue weighted by atomic mass is 35.5. The Bertz CT molecular complexity index is 479. The highest BCUT2D eigenvalue weighted by Gasteiger charge is 2.30. The summed E-state index contributed by atoms with van der Waals surface area (Å²) in [6, 6.07) is 5.14. The molecule has 0 bridgehead atoms. The van der Waals surface area contributed by atoms with Gasteiger partial charge in [-0.3, -0.25) is 4.79 Å². The number of hydrogen-bond donors (Lipinski definition) is 2. The summed E-state index contributed by atoms with van der Waals surface area (Å²) < 4.78 is 39.9. The fraction of sp³-hybridized carbons (Fsp3) is 0.533. The van der Waals surface area contributed by atoms with Gasteiger partial charge in [-0.05, 0) is 30.0 Å². The van der Waals surface area contributed by atoms with Crippen molar-refractivity contribution >= 4 is 18.3 Å². The molecule has 0 aliphatic heterocycles. The predicted octanol–water partition coefficient (Wildman–Crippen LogP) is 3.04. The Hall–Kier alpha value is -1.47. The standard InChI is InChI=1S/C15H21F3N2O2.ClH/c1-10(2)7-12(9-19)20-14(21)8-11-3-5-13(6-4-11)22-15(16,17)18;/h3-6,10,12H,7-9,19H2,1-2H3,(H,20,21);1H. The molecule has 1 amide bonds. The molecular weight excluding hydrogens is 333 g/mol. The maximum atomic E-state index is 12.0. The molecule has 8 heteroatoms. The van der Waals surface area contributed by atoms with Crippen LogP contribution in [0.1, 0.15) is 25.8 Å². The number of halogens is 4. The van der Waals surface area contributed by atoms with Crippen molar-refractivity contribution < 1.29 is 22.7 Å². The van der Waals surface area contributed by atoms with E-state index in [-0.39, 0.29) is 36.5 Å². The molecule has 0 aliphatic rings. The Morgan fingerprint density at radius 3 is 2.26 bits per heavy atom. The van der Waals surface area contributed by atoms with Crippen molar-refractivity contribution in [3.8, 4) is 5.75 Å². The molecule has 0 radical (unpaired) electrons. The molecule has 4 nitrogen and oxygen atoms in total. The quantitative estimate of drug-likeness (QED) is 0.791. The third-order valence-electron chi connectivity index (χ3n) is 2.93. The lowest BCUT2D eigenvalue weighted by Crippen LogP contribution is -2.41. The van der Waals surface area contributed by atoms with Crippen LogP contribution in [0.2, 0.25) is 0 Å². The van der Waals surface area contributed by atoms with E-state index >= 15 is 0 Å². The van der Waals surface area contributed by atoms with Crippen molar-refractivity contribution in [2.24, 2.45) is 11.7 Å². The summed E-state index contributed by atoms with van der Waals surface area (Å²) in [5, 5.41) is 2.82. The van der Waals surface area contributed by atoms with Gasteiger partial charge >= 0.3 is 6.36 Å². The highest BCUT2D eigenvalue weighted by Crippen LogP contribution is 2.22. The molecule has 0 heterocycles. The lowest BCUT2D eigenvalue weighted by atomic mass is 10.0. The van der Waals surface area contributed by atoms with E-state index in [9.17, 15) is 18.0 Å². The smallest absolute Gasteiger partial charge is 0.406 e. The zero-order chi connectivity index (χ0) is 16.8. The molecule has 0 aliphatic carbocycles. The minimum absolute atomic E-state index is 0. The Balaban J connectivity index is 0.00000484. The largest absolute Gasteiger partial charge is 0.573 e. The number of carbonyl (C=O) groups is 1. The normalized spacial score (nSPS) is 12.5. The lowest BCUT2D eigenvalue weighted by molar-refractivity contribution is -0.274. The summed E-state index contributed by atoms with van der Waals surface area (Å²) in [6.45, 7) is 4.42. The van der Waals surface area contributed by atoms with Gasteiger partial charge in [0.05, 0.1) is 6.42 Å². The zero-order valence-electron chi connectivity index (χ0n) is 13.0. The first-order chi connectivity index (χ1) is 10.2. The molecule has 1 atom stereocenters. The van der Waals surface area contributed by atoms with Gasteiger partial charge in [0.15, 0.2) is 0 Å². The van der Waals surface area contributed by atoms with E-state index < -0.39 is 6.36 Å². The van der Waals surface area contributed by atoms with Crippen molar-refractivity contribution in [1.29, 1.82) is 0 Å². The predicted molar refractivity (Wildman–Crippen MR) is 84.5 cm³/mol. The summed E-state index contributed by atoms with van der Waals surface area (Å²) in [5.41, 5.74) is 6.21. The molecule has 1 rings (SSSR count). The van der Waals surface area contributed by atoms with Crippen molar-refractivity contribution in [3.05, 3.63) is 29.8 Å². The third kappa shape index (κ3) is 9.30. The van der Waals surface area contributed by atoms with Crippen molar-refractivity contribution in [1.82, 2.24) is 5.32 Å². The van der Waals surface area contributed by atoms with Crippen LogP contribution in [-0.4, -0.2) is 24.9 Å². The van der Waals surface area contributed by atoms with Crippen LogP contribution in [0.5, 0.6) is 5.75 Å². The van der Waals surface area contributed by atoms with Gasteiger partial charge in [-0.1, -0.05) is 26.0 Å². The number of alkyl halides is 3. The Kier molecular flexibility index (Phi) is 9.01. The van der Waals surface area contributed by atoms with Crippen LogP contribution in [0.4, 0.5) is 13.2 Å². The van der Waals surface area contributed by atoms with Crippen LogP contribution in [-0.2, 0) is 11.2 Å². The van der Waals surface area contributed by atoms with E-state index in [1.165, 1.54) is 24.3 Å². The topological polar surface area (TPSA) is 64.3 Å². The first-order valence-corrected chi connectivity index (χ1v) is 7.03. The van der Waals surface area contributed by atoms with Crippen molar-refractivity contribution in [3.63, 3.8) is 0 Å². The van der Waals surface area contributed by atoms with Gasteiger partial charge < -0.3 is 15.8 Å². The van der Waals surface area contributed by atoms with Crippen LogP contribution in [0, 0.1) is 5.92 Å². The Labute approximate surface area is 140 Å². The van der Waals surface area contributed by atoms with Gasteiger partial charge in [-0.2, -0.15) is 0 Å². The summed E-state index contributed by atoms with van der Waals surface area (Å²) in [4.78, 5) is 11.9. The number of nitrogens with one attached hydrogen (secondary N) is 1. The van der Waals surface area contributed by atoms with E-state index in [4.69, 9.17) is 5.73 Å². The highest BCUT2D eigenvalue weighted by molar-refractivity contribution is 5.85. The molecule has 0 fully saturated rings. The molecule has 1 aromatic carbocycles. The lowest BCUT2D eigenvalue weighted by Gasteiger charge is -2.18. The summed E-state index contributed by atoms with van der Waals surface area (Å²) in [5.74, 6) is -0.107. The maximum absolute atomic E-state index is 12.0. The summed E-state index contributed by atoms with van der Waals surface area (Å²) >= 11 is 0. The fourth-order valence-electron chi connectivity index (χ4n) is 2.06. The SMILES string of the molecule is CC(C)CC(CN)NC(=O)Cc1ccc(OC(F)(F)F)cc1.Cl. The Morgan fingerprint density at radius 2 is 1.83 bits per heavy atom. The molecule has 132 valence electrons. The summed E-state index contributed by atoms with van der Waals surface area (Å²) in [6.07, 6.45) is -3.86. The first kappa shape index (κ1) is 21.5. The number of benzene rings is 1. The number of amides is 1. The molecule has 1 unspecified atom stereocenters. The van der Waals surface area contributed by atoms with Gasteiger partial charge in [0.1, 0.15) is 5.75 Å². The molecule has 0 saturated carbocycles. The molecule has 3 N–H and O–H groups in total. The second-order valence-electron chi connectivity index (χ2n) is 5.50. The van der Waals surface area contributed by atoms with Gasteiger partial charge in [0.25, 0.3) is 0 Å². The van der Waals surface area contributed by atoms with Gasteiger partial charge in [0.2, 0.25) is 5.91 Å². The van der Waals surface area contributed by atoms with E-state index in [0.717, 1.165) is 6.42 Å². The third-order valence-corrected chi connectivity index (χ3v) is 2.93. The van der Waals surface area contributed by atoms with E-state index in [2.05, 4.69) is 10.1 Å². The van der Waals surface area contributed by atoms with Crippen LogP contribution in [0.25, 0.3) is 0 Å². The molecule has 0 saturated heterocycles. The van der Waals surface area contributed by atoms with Gasteiger partial charge in [0, 0.05) is 12.6 Å². The number of nitrogens with two attached hydrogens (primary N) is 1. The Morgan fingerprint density at radius 1 is 1.26 bits per heavy atom. The number of carbonyl (C=O) groups excluding carboxylic acids is 1. The van der Waals surface area contributed by atoms with E-state index in [1.807, 2.05) is 13.8 Å². The molecule has 0 aromatic heterocycles. The molecular formula is C15H22ClF3N2O2. The average Bonchev–Trinajstić information content (AvgIpc) is 2.38. The van der Waals surface area contributed by atoms with E-state index in [1.54, 1.807) is 0 Å². The first-order valence-electron chi connectivity index (χ1n) is 7.03. The van der Waals surface area contributed by atoms with E-state index in [0.29, 0.717) is 18.0 Å². The van der Waals surface area contributed by atoms with Crippen molar-refractivity contribution in [2.45, 2.75) is 39.1 Å². The molecule has 0 spiro atoms.